The molecule has 0 radical (unpaired) electrons. The Bertz CT molecular complexity index is 338. The van der Waals surface area contributed by atoms with E-state index >= 15 is 0 Å². The second-order valence-electron chi connectivity index (χ2n) is 3.25. The van der Waals surface area contributed by atoms with E-state index in [1.807, 2.05) is 31.2 Å². The number of nitrogens with two attached hydrogens (primary N) is 1. The molecule has 0 aliphatic carbocycles. The molecule has 0 aliphatic rings. The second-order valence-corrected chi connectivity index (χ2v) is 4.16. The van der Waals surface area contributed by atoms with Crippen LogP contribution in [-0.2, 0) is 0 Å². The van der Waals surface area contributed by atoms with Crippen LogP contribution in [-0.4, -0.2) is 6.61 Å². The predicted octanol–water partition coefficient (Wildman–Crippen LogP) is 3.42. The summed E-state index contributed by atoms with van der Waals surface area (Å²) in [6, 6.07) is 5.83. The second kappa shape index (κ2) is 5.93. The molecule has 0 spiro atoms. The van der Waals surface area contributed by atoms with Crippen molar-refractivity contribution in [3.8, 4) is 5.75 Å². The van der Waals surface area contributed by atoms with Gasteiger partial charge in [0.25, 0.3) is 0 Å². The standard InChI is InChI=1S/C12H16BrNO/c1-3-5-11(14)10-8-9(13)6-7-12(10)15-4-2/h3,6-8,11H,1,4-5,14H2,2H3/t11-/m1/s1. The molecule has 1 atom stereocenters. The Morgan fingerprint density at radius 2 is 2.33 bits per heavy atom. The third kappa shape index (κ3) is 3.36. The van der Waals surface area contributed by atoms with Gasteiger partial charge in [-0.05, 0) is 31.5 Å². The zero-order chi connectivity index (χ0) is 11.3. The zero-order valence-corrected chi connectivity index (χ0v) is 10.5. The number of hydrogen-bond acceptors (Lipinski definition) is 2. The van der Waals surface area contributed by atoms with Crippen LogP contribution in [0.2, 0.25) is 0 Å². The van der Waals surface area contributed by atoms with Crippen LogP contribution in [0.15, 0.2) is 35.3 Å². The molecule has 1 aromatic carbocycles. The SMILES string of the molecule is C=CC[C@@H](N)c1cc(Br)ccc1OCC. The van der Waals surface area contributed by atoms with E-state index in [-0.39, 0.29) is 6.04 Å². The van der Waals surface area contributed by atoms with Crippen molar-refractivity contribution in [3.05, 3.63) is 40.9 Å². The number of benzene rings is 1. The van der Waals surface area contributed by atoms with Gasteiger partial charge < -0.3 is 10.5 Å². The van der Waals surface area contributed by atoms with Gasteiger partial charge in [-0.2, -0.15) is 0 Å². The Hall–Kier alpha value is -0.800. The van der Waals surface area contributed by atoms with Crippen molar-refractivity contribution >= 4 is 15.9 Å². The molecule has 0 aromatic heterocycles. The average molecular weight is 270 g/mol. The minimum atomic E-state index is -0.0541. The van der Waals surface area contributed by atoms with Crippen LogP contribution in [0, 0.1) is 0 Å². The van der Waals surface area contributed by atoms with E-state index in [0.717, 1.165) is 22.2 Å². The minimum Gasteiger partial charge on any atom is -0.494 e. The maximum absolute atomic E-state index is 6.03. The molecule has 0 fully saturated rings. The first-order valence-corrected chi connectivity index (χ1v) is 5.77. The largest absolute Gasteiger partial charge is 0.494 e. The molecule has 82 valence electrons. The third-order valence-electron chi connectivity index (χ3n) is 2.09. The molecule has 0 heterocycles. The lowest BCUT2D eigenvalue weighted by molar-refractivity contribution is 0.334. The van der Waals surface area contributed by atoms with Gasteiger partial charge >= 0.3 is 0 Å². The van der Waals surface area contributed by atoms with Gasteiger partial charge in [-0.3, -0.25) is 0 Å². The Morgan fingerprint density at radius 1 is 1.60 bits per heavy atom. The van der Waals surface area contributed by atoms with E-state index in [2.05, 4.69) is 22.5 Å². The molecule has 0 amide bonds. The molecule has 0 saturated carbocycles. The Balaban J connectivity index is 3.00. The van der Waals surface area contributed by atoms with Crippen LogP contribution < -0.4 is 10.5 Å². The lowest BCUT2D eigenvalue weighted by Crippen LogP contribution is -2.11. The summed E-state index contributed by atoms with van der Waals surface area (Å²) in [7, 11) is 0. The molecule has 0 aliphatic heterocycles. The molecule has 1 rings (SSSR count). The molecule has 1 aromatic rings. The molecule has 0 saturated heterocycles. The van der Waals surface area contributed by atoms with Crippen LogP contribution in [0.25, 0.3) is 0 Å². The van der Waals surface area contributed by atoms with E-state index in [1.165, 1.54) is 0 Å². The molecular formula is C12H16BrNO. The zero-order valence-electron chi connectivity index (χ0n) is 8.87. The van der Waals surface area contributed by atoms with Crippen LogP contribution in [0.1, 0.15) is 24.9 Å². The van der Waals surface area contributed by atoms with E-state index in [4.69, 9.17) is 10.5 Å². The van der Waals surface area contributed by atoms with E-state index in [1.54, 1.807) is 0 Å². The summed E-state index contributed by atoms with van der Waals surface area (Å²) in [6.07, 6.45) is 2.57. The lowest BCUT2D eigenvalue weighted by Gasteiger charge is -2.15. The first-order valence-electron chi connectivity index (χ1n) is 4.97. The monoisotopic (exact) mass is 269 g/mol. The molecule has 3 heteroatoms. The lowest BCUT2D eigenvalue weighted by atomic mass is 10.0. The number of halogens is 1. The summed E-state index contributed by atoms with van der Waals surface area (Å²) in [6.45, 7) is 6.30. The fourth-order valence-corrected chi connectivity index (χ4v) is 1.78. The molecular weight excluding hydrogens is 254 g/mol. The molecule has 0 bridgehead atoms. The van der Waals surface area contributed by atoms with Crippen molar-refractivity contribution < 1.29 is 4.74 Å². The van der Waals surface area contributed by atoms with Gasteiger partial charge in [0.15, 0.2) is 0 Å². The van der Waals surface area contributed by atoms with Crippen LogP contribution >= 0.6 is 15.9 Å². The van der Waals surface area contributed by atoms with Gasteiger partial charge in [-0.1, -0.05) is 22.0 Å². The summed E-state index contributed by atoms with van der Waals surface area (Å²) < 4.78 is 6.54. The Morgan fingerprint density at radius 3 is 2.93 bits per heavy atom. The quantitative estimate of drug-likeness (QED) is 0.832. The van der Waals surface area contributed by atoms with E-state index in [0.29, 0.717) is 6.61 Å². The van der Waals surface area contributed by atoms with Crippen LogP contribution in [0.5, 0.6) is 5.75 Å². The third-order valence-corrected chi connectivity index (χ3v) is 2.58. The number of ether oxygens (including phenoxy) is 1. The summed E-state index contributed by atoms with van der Waals surface area (Å²) in [5.74, 6) is 0.857. The topological polar surface area (TPSA) is 35.2 Å². The predicted molar refractivity (Wildman–Crippen MR) is 67.1 cm³/mol. The van der Waals surface area contributed by atoms with Crippen molar-refractivity contribution in [3.63, 3.8) is 0 Å². The van der Waals surface area contributed by atoms with Gasteiger partial charge in [0, 0.05) is 16.1 Å². The van der Waals surface area contributed by atoms with Gasteiger partial charge in [0.1, 0.15) is 5.75 Å². The highest BCUT2D eigenvalue weighted by Gasteiger charge is 2.11. The van der Waals surface area contributed by atoms with Crippen LogP contribution in [0.3, 0.4) is 0 Å². The van der Waals surface area contributed by atoms with Crippen molar-refractivity contribution in [2.45, 2.75) is 19.4 Å². The van der Waals surface area contributed by atoms with Crippen molar-refractivity contribution in [1.29, 1.82) is 0 Å². The first-order chi connectivity index (χ1) is 7.19. The first kappa shape index (κ1) is 12.3. The fraction of sp³-hybridized carbons (Fsp3) is 0.333. The fourth-order valence-electron chi connectivity index (χ4n) is 1.40. The molecule has 2 nitrogen and oxygen atoms in total. The van der Waals surface area contributed by atoms with Gasteiger partial charge in [0.05, 0.1) is 6.61 Å². The van der Waals surface area contributed by atoms with Crippen molar-refractivity contribution in [2.24, 2.45) is 5.73 Å². The maximum atomic E-state index is 6.03. The Labute approximate surface area is 99.3 Å². The van der Waals surface area contributed by atoms with Crippen LogP contribution in [0.4, 0.5) is 0 Å². The van der Waals surface area contributed by atoms with Crippen molar-refractivity contribution in [1.82, 2.24) is 0 Å². The smallest absolute Gasteiger partial charge is 0.124 e. The summed E-state index contributed by atoms with van der Waals surface area (Å²) >= 11 is 3.43. The van der Waals surface area contributed by atoms with E-state index < -0.39 is 0 Å². The molecule has 2 N–H and O–H groups in total. The van der Waals surface area contributed by atoms with E-state index in [9.17, 15) is 0 Å². The summed E-state index contributed by atoms with van der Waals surface area (Å²) in [5.41, 5.74) is 7.05. The highest BCUT2D eigenvalue weighted by molar-refractivity contribution is 9.10. The van der Waals surface area contributed by atoms with Gasteiger partial charge in [0.2, 0.25) is 0 Å². The average Bonchev–Trinajstić information content (AvgIpc) is 2.21. The maximum Gasteiger partial charge on any atom is 0.124 e. The summed E-state index contributed by atoms with van der Waals surface area (Å²) in [5, 5.41) is 0. The van der Waals surface area contributed by atoms with Gasteiger partial charge in [-0.25, -0.2) is 0 Å². The summed E-state index contributed by atoms with van der Waals surface area (Å²) in [4.78, 5) is 0. The number of hydrogen-bond donors (Lipinski definition) is 1. The molecule has 15 heavy (non-hydrogen) atoms. The van der Waals surface area contributed by atoms with Gasteiger partial charge in [-0.15, -0.1) is 6.58 Å². The van der Waals surface area contributed by atoms with Crippen molar-refractivity contribution in [2.75, 3.05) is 6.61 Å². The Kier molecular flexibility index (Phi) is 4.85. The normalized spacial score (nSPS) is 12.2. The highest BCUT2D eigenvalue weighted by atomic mass is 79.9. The minimum absolute atomic E-state index is 0.0541. The highest BCUT2D eigenvalue weighted by Crippen LogP contribution is 2.29. The number of rotatable bonds is 5. The molecule has 0 unspecified atom stereocenters.